The van der Waals surface area contributed by atoms with Gasteiger partial charge in [-0.05, 0) is 0 Å². The van der Waals surface area contributed by atoms with Crippen molar-refractivity contribution >= 4 is 0 Å². The van der Waals surface area contributed by atoms with Crippen LogP contribution < -0.4 is 0 Å². The maximum absolute atomic E-state index is 3.50. The Hall–Kier alpha value is 0.113. The Bertz CT molecular complexity index is 194. The van der Waals surface area contributed by atoms with Gasteiger partial charge in [0.2, 0.25) is 0 Å². The van der Waals surface area contributed by atoms with Crippen LogP contribution in [-0.4, -0.2) is 42.3 Å². The topological polar surface area (TPSA) is 42.3 Å². The van der Waals surface area contributed by atoms with E-state index >= 15 is 0 Å². The van der Waals surface area contributed by atoms with E-state index in [1.807, 2.05) is 0 Å². The van der Waals surface area contributed by atoms with Gasteiger partial charge in [-0.25, -0.2) is 12.1 Å². The monoisotopic (exact) mass is 343 g/mol. The van der Waals surface area contributed by atoms with E-state index in [1.165, 1.54) is 12.0 Å². The molecule has 0 heterocycles. The van der Waals surface area contributed by atoms with Crippen LogP contribution in [0.3, 0.4) is 0 Å². The number of rotatable bonds is 2. The van der Waals surface area contributed by atoms with Gasteiger partial charge >= 0.3 is 26.2 Å². The zero-order valence-corrected chi connectivity index (χ0v) is 16.4. The smallest absolute Gasteiger partial charge is 0.668 e. The van der Waals surface area contributed by atoms with E-state index in [1.54, 1.807) is 42.3 Å². The Morgan fingerprint density at radius 1 is 0.789 bits per heavy atom. The molecule has 1 aromatic carbocycles. The van der Waals surface area contributed by atoms with Gasteiger partial charge in [-0.2, -0.15) is 60.0 Å². The molecule has 0 radical (unpaired) electrons. The first-order valence-corrected chi connectivity index (χ1v) is 6.18. The largest absolute Gasteiger partial charge is 4.00 e. The first-order chi connectivity index (χ1) is 8.53. The van der Waals surface area contributed by atoms with E-state index < -0.39 is 0 Å². The average molecular weight is 345 g/mol. The summed E-state index contributed by atoms with van der Waals surface area (Å²) in [5.41, 5.74) is 1.46. The summed E-state index contributed by atoms with van der Waals surface area (Å²) in [6.45, 7) is 4.49. The predicted molar refractivity (Wildman–Crippen MR) is 86.2 cm³/mol. The Morgan fingerprint density at radius 2 is 1.05 bits per heavy atom. The molecule has 19 heavy (non-hydrogen) atoms. The summed E-state index contributed by atoms with van der Waals surface area (Å²) >= 11 is 0. The maximum Gasteiger partial charge on any atom is 4.00 e. The summed E-state index contributed by atoms with van der Waals surface area (Å²) in [5, 5.41) is 10.5. The van der Waals surface area contributed by atoms with Crippen molar-refractivity contribution in [1.82, 2.24) is 0 Å². The van der Waals surface area contributed by atoms with Crippen LogP contribution in [-0.2, 0) is 32.6 Å². The molecule has 110 valence electrons. The van der Waals surface area contributed by atoms with Gasteiger partial charge in [-0.15, -0.1) is 0 Å². The van der Waals surface area contributed by atoms with Gasteiger partial charge in [0, 0.05) is 0 Å². The Labute approximate surface area is 140 Å². The maximum atomic E-state index is 3.50. The summed E-state index contributed by atoms with van der Waals surface area (Å²) in [6.07, 6.45) is 1.22. The van der Waals surface area contributed by atoms with E-state index in [4.69, 9.17) is 0 Å². The predicted octanol–water partition coefficient (Wildman–Crippen LogP) is 4.46. The third-order valence-corrected chi connectivity index (χ3v) is 1.38. The fraction of sp³-hybridized carbons (Fsp3) is 0.667. The van der Waals surface area contributed by atoms with Crippen molar-refractivity contribution < 1.29 is 26.2 Å². The van der Waals surface area contributed by atoms with Crippen LogP contribution in [0.2, 0.25) is 0 Å². The molecule has 0 bridgehead atoms. The molecule has 0 aliphatic carbocycles. The van der Waals surface area contributed by atoms with Crippen LogP contribution in [0.4, 0.5) is 0 Å². The zero-order valence-electron chi connectivity index (χ0n) is 13.9. The molecule has 0 atom stereocenters. The quantitative estimate of drug-likeness (QED) is 0.711. The standard InChI is InChI=1S/C9H13.3C2H6N.Zr/c1-8(2)7-9-5-3-4-6-9;3*1-3-2;/h3-6,8H,7H2,1-2H3;3*1-2H3;/q4*-1;+4. The molecular weight excluding hydrogens is 313 g/mol. The van der Waals surface area contributed by atoms with Gasteiger partial charge in [0.05, 0.1) is 0 Å². The van der Waals surface area contributed by atoms with Crippen LogP contribution in [0.15, 0.2) is 24.3 Å². The number of nitrogens with zero attached hydrogens (tertiary/aromatic N) is 3. The third-order valence-electron chi connectivity index (χ3n) is 1.38. The molecule has 0 unspecified atom stereocenters. The first-order valence-electron chi connectivity index (χ1n) is 6.18. The second-order valence-corrected chi connectivity index (χ2v) is 4.23. The molecule has 0 saturated heterocycles. The second-order valence-electron chi connectivity index (χ2n) is 4.23. The summed E-state index contributed by atoms with van der Waals surface area (Å²) in [5.74, 6) is 0.785. The van der Waals surface area contributed by atoms with Gasteiger partial charge in [0.25, 0.3) is 0 Å². The molecule has 0 N–H and O–H groups in total. The number of hydrogen-bond donors (Lipinski definition) is 0. The number of hydrogen-bond acceptors (Lipinski definition) is 0. The van der Waals surface area contributed by atoms with Crippen molar-refractivity contribution in [3.8, 4) is 0 Å². The molecule has 3 nitrogen and oxygen atoms in total. The molecule has 1 rings (SSSR count). The van der Waals surface area contributed by atoms with Crippen molar-refractivity contribution in [1.29, 1.82) is 0 Å². The van der Waals surface area contributed by atoms with Crippen LogP contribution >= 0.6 is 0 Å². The van der Waals surface area contributed by atoms with E-state index in [0.717, 1.165) is 5.92 Å². The van der Waals surface area contributed by atoms with E-state index in [-0.39, 0.29) is 26.2 Å². The van der Waals surface area contributed by atoms with Crippen LogP contribution in [0, 0.1) is 5.92 Å². The molecule has 0 amide bonds. The van der Waals surface area contributed by atoms with Gasteiger partial charge in [0.1, 0.15) is 0 Å². The van der Waals surface area contributed by atoms with Crippen LogP contribution in [0.1, 0.15) is 19.4 Å². The molecule has 0 spiro atoms. The summed E-state index contributed by atoms with van der Waals surface area (Å²) < 4.78 is 0. The van der Waals surface area contributed by atoms with Crippen LogP contribution in [0.5, 0.6) is 0 Å². The summed E-state index contributed by atoms with van der Waals surface area (Å²) in [4.78, 5) is 0. The van der Waals surface area contributed by atoms with Gasteiger partial charge in [-0.1, -0.05) is 26.2 Å². The first kappa shape index (κ1) is 27.5. The SMILES string of the molecule is CC(C)C[c-]1cccc1.C[N-]C.C[N-]C.C[N-]C.[Zr+4]. The van der Waals surface area contributed by atoms with Gasteiger partial charge in [0.15, 0.2) is 0 Å². The molecule has 0 aromatic heterocycles. The third kappa shape index (κ3) is 38.1. The van der Waals surface area contributed by atoms with Crippen molar-refractivity contribution in [2.75, 3.05) is 42.3 Å². The summed E-state index contributed by atoms with van der Waals surface area (Å²) in [7, 11) is 10.5. The molecule has 4 heteroatoms. The Morgan fingerprint density at radius 3 is 1.26 bits per heavy atom. The Balaban J connectivity index is -0.0000000956. The molecule has 1 aromatic rings. The van der Waals surface area contributed by atoms with Crippen molar-refractivity contribution in [2.24, 2.45) is 5.92 Å². The zero-order chi connectivity index (χ0) is 14.8. The van der Waals surface area contributed by atoms with Crippen molar-refractivity contribution in [2.45, 2.75) is 20.3 Å². The minimum absolute atomic E-state index is 0. The van der Waals surface area contributed by atoms with Gasteiger partial charge in [-0.3, -0.25) is 0 Å². The minimum Gasteiger partial charge on any atom is -0.668 e. The van der Waals surface area contributed by atoms with Crippen LogP contribution in [0.25, 0.3) is 16.0 Å². The van der Waals surface area contributed by atoms with Crippen molar-refractivity contribution in [3.05, 3.63) is 45.8 Å². The molecule has 0 fully saturated rings. The molecular formula is C15H31N3Zr. The molecule has 0 aliphatic heterocycles. The van der Waals surface area contributed by atoms with Crippen molar-refractivity contribution in [3.63, 3.8) is 0 Å². The second kappa shape index (κ2) is 26.6. The Kier molecular flexibility index (Phi) is 38.5. The average Bonchev–Trinajstić information content (AvgIpc) is 2.73. The normalized spacial score (nSPS) is 7.84. The summed E-state index contributed by atoms with van der Waals surface area (Å²) in [6, 6.07) is 8.55. The van der Waals surface area contributed by atoms with Gasteiger partial charge < -0.3 is 16.0 Å². The van der Waals surface area contributed by atoms with E-state index in [2.05, 4.69) is 54.1 Å². The van der Waals surface area contributed by atoms with E-state index in [9.17, 15) is 0 Å². The van der Waals surface area contributed by atoms with E-state index in [0.29, 0.717) is 0 Å². The fourth-order valence-corrected chi connectivity index (χ4v) is 1.02. The molecule has 0 aliphatic rings. The fourth-order valence-electron chi connectivity index (χ4n) is 1.02. The minimum atomic E-state index is 0. The molecule has 0 saturated carbocycles.